The van der Waals surface area contributed by atoms with Crippen molar-refractivity contribution >= 4 is 119 Å². The quantitative estimate of drug-likeness (QED) is 0.107. The first-order valence-electron chi connectivity index (χ1n) is 44.7. The molecule has 0 radical (unpaired) electrons. The van der Waals surface area contributed by atoms with Crippen molar-refractivity contribution in [2.45, 2.75) is 26.9 Å². The maximum Gasteiger partial charge on any atom is 0.141 e. The van der Waals surface area contributed by atoms with Crippen LogP contribution in [0.15, 0.2) is 400 Å². The highest BCUT2D eigenvalue weighted by Crippen LogP contribution is 2.43. The molecule has 131 heavy (non-hydrogen) atoms. The standard InChI is InChI=1S/C40H28N4S.C40H32N4.C38H28N4/c1-43-35-9-5-3-7-33(35)41-39(43)27-15-11-25(12-16-27)29-19-21-37-31(23-29)32-24-30(20-22-38(32)45-37)26-13-17-28(18-14-26)40-42-34-8-4-6-10-36(34)44(40)2;1-3-43-37-14-7-5-12-35(37)41-39(43)29-20-16-27(17-21-29)31-24-25-34-32(26-31)10-9-11-33(34)28-18-22-30(23-19-28)40-42-36-13-6-8-15-38(36)44(40)4-2;1-41-35-12-5-3-10-33(35)39-37(41)27-18-14-25(15-19-27)29-22-23-32-30(24-29)8-7-9-31(32)26-16-20-28(21-17-26)38-40-34-11-4-6-13-36(34)42(38)2/h3-24H,1-2H3;5-26H,3-4H2,1-2H3;3-24H,1-2H3. The van der Waals surface area contributed by atoms with Crippen LogP contribution < -0.4 is 0 Å². The Morgan fingerprint density at radius 1 is 0.191 bits per heavy atom. The molecule has 626 valence electrons. The van der Waals surface area contributed by atoms with Crippen molar-refractivity contribution < 1.29 is 0 Å². The van der Waals surface area contributed by atoms with Gasteiger partial charge in [-0.2, -0.15) is 0 Å². The normalized spacial score (nSPS) is 11.6. The van der Waals surface area contributed by atoms with E-state index in [2.05, 4.69) is 433 Å². The number of rotatable bonds is 14. The molecule has 0 amide bonds. The molecule has 0 saturated heterocycles. The van der Waals surface area contributed by atoms with E-state index >= 15 is 0 Å². The largest absolute Gasteiger partial charge is 0.327 e. The lowest BCUT2D eigenvalue weighted by atomic mass is 9.94. The lowest BCUT2D eigenvalue weighted by molar-refractivity contribution is 0.796. The van der Waals surface area contributed by atoms with E-state index < -0.39 is 0 Å². The molecule has 0 fully saturated rings. The summed E-state index contributed by atoms with van der Waals surface area (Å²) in [6, 6.07) is 143. The average molecular weight is 1710 g/mol. The zero-order chi connectivity index (χ0) is 87.9. The Bertz CT molecular complexity index is 8520. The van der Waals surface area contributed by atoms with Crippen LogP contribution in [0.5, 0.6) is 0 Å². The molecule has 12 nitrogen and oxygen atoms in total. The molecule has 0 unspecified atom stereocenters. The third kappa shape index (κ3) is 14.4. The molecule has 7 aromatic heterocycles. The van der Waals surface area contributed by atoms with Crippen LogP contribution in [0.25, 0.3) is 243 Å². The second kappa shape index (κ2) is 33.1. The highest BCUT2D eigenvalue weighted by atomic mass is 32.1. The second-order valence-corrected chi connectivity index (χ2v) is 34.8. The van der Waals surface area contributed by atoms with E-state index in [9.17, 15) is 0 Å². The summed E-state index contributed by atoms with van der Waals surface area (Å²) < 4.78 is 15.8. The van der Waals surface area contributed by atoms with E-state index in [-0.39, 0.29) is 0 Å². The lowest BCUT2D eigenvalue weighted by Gasteiger charge is -2.11. The van der Waals surface area contributed by atoms with Crippen LogP contribution >= 0.6 is 11.3 Å². The molecule has 0 bridgehead atoms. The van der Waals surface area contributed by atoms with Crippen molar-refractivity contribution in [2.75, 3.05) is 0 Å². The van der Waals surface area contributed by atoms with Crippen molar-refractivity contribution in [3.63, 3.8) is 0 Å². The number of fused-ring (bicyclic) bond motifs is 11. The summed E-state index contributed by atoms with van der Waals surface area (Å²) in [5.41, 5.74) is 34.3. The van der Waals surface area contributed by atoms with Gasteiger partial charge < -0.3 is 27.4 Å². The van der Waals surface area contributed by atoms with Gasteiger partial charge in [0.25, 0.3) is 0 Å². The van der Waals surface area contributed by atoms with Gasteiger partial charge in [-0.25, -0.2) is 29.9 Å². The Morgan fingerprint density at radius 2 is 0.420 bits per heavy atom. The zero-order valence-electron chi connectivity index (χ0n) is 73.3. The Kier molecular flexibility index (Phi) is 20.0. The van der Waals surface area contributed by atoms with Crippen LogP contribution in [-0.4, -0.2) is 57.3 Å². The van der Waals surface area contributed by atoms with Crippen LogP contribution in [0.1, 0.15) is 13.8 Å². The monoisotopic (exact) mass is 1700 g/mol. The number of nitrogens with zero attached hydrogens (tertiary/aromatic N) is 12. The summed E-state index contributed by atoms with van der Waals surface area (Å²) in [5, 5.41) is 7.54. The van der Waals surface area contributed by atoms with Gasteiger partial charge in [0.2, 0.25) is 0 Å². The summed E-state index contributed by atoms with van der Waals surface area (Å²) in [7, 11) is 8.32. The van der Waals surface area contributed by atoms with Crippen molar-refractivity contribution in [3.8, 4) is 135 Å². The molecule has 0 aliphatic heterocycles. The SMILES string of the molecule is CCn1c(-c2ccc(-c3ccc4c(-c5ccc(-c6nc7ccccc7n6CC)cc5)cccc4c3)cc2)nc2ccccc21.Cn1c(-c2ccc(-c3ccc4c(-c5ccc(-c6nc7ccccc7n6C)cc5)cccc4c3)cc2)nc2ccccc21.Cn1c(-c2ccc(-c3ccc4sc5ccc(-c6ccc(-c7nc8ccccc8n7C)cc6)cc5c4c3)cc2)nc2ccccc21. The Hall–Kier alpha value is -16.5. The highest BCUT2D eigenvalue weighted by molar-refractivity contribution is 7.25. The molecule has 0 aliphatic carbocycles. The smallest absolute Gasteiger partial charge is 0.141 e. The maximum absolute atomic E-state index is 4.94. The number of thiophene rings is 1. The summed E-state index contributed by atoms with van der Waals surface area (Å²) in [6.07, 6.45) is 0. The van der Waals surface area contributed by atoms with E-state index in [0.29, 0.717) is 0 Å². The third-order valence-corrected chi connectivity index (χ3v) is 27.3. The first-order chi connectivity index (χ1) is 64.5. The zero-order valence-corrected chi connectivity index (χ0v) is 74.1. The Morgan fingerprint density at radius 3 is 0.710 bits per heavy atom. The molecule has 13 heteroatoms. The van der Waals surface area contributed by atoms with Gasteiger partial charge in [0, 0.05) is 94.8 Å². The number of hydrogen-bond donors (Lipinski definition) is 0. The number of benzene rings is 18. The van der Waals surface area contributed by atoms with Crippen LogP contribution in [0.2, 0.25) is 0 Å². The molecule has 0 spiro atoms. The molecule has 7 heterocycles. The summed E-state index contributed by atoms with van der Waals surface area (Å²) in [5.74, 6) is 5.95. The summed E-state index contributed by atoms with van der Waals surface area (Å²) in [4.78, 5) is 29.4. The molecule has 25 rings (SSSR count). The van der Waals surface area contributed by atoms with E-state index in [1.54, 1.807) is 0 Å². The van der Waals surface area contributed by atoms with Crippen LogP contribution in [0, 0.1) is 0 Å². The van der Waals surface area contributed by atoms with Crippen molar-refractivity contribution in [1.82, 2.24) is 57.3 Å². The number of aromatic nitrogens is 12. The summed E-state index contributed by atoms with van der Waals surface area (Å²) in [6.45, 7) is 6.11. The van der Waals surface area contributed by atoms with E-state index in [1.165, 1.54) is 120 Å². The van der Waals surface area contributed by atoms with E-state index in [1.807, 2.05) is 47.7 Å². The van der Waals surface area contributed by atoms with Gasteiger partial charge in [-0.05, 0) is 211 Å². The highest BCUT2D eigenvalue weighted by Gasteiger charge is 2.21. The fraction of sp³-hybridized carbons (Fsp3) is 0.0678. The van der Waals surface area contributed by atoms with Gasteiger partial charge in [-0.3, -0.25) is 0 Å². The number of hydrogen-bond acceptors (Lipinski definition) is 7. The predicted octanol–water partition coefficient (Wildman–Crippen LogP) is 30.0. The Labute approximate surface area is 761 Å². The second-order valence-electron chi connectivity index (χ2n) is 33.7. The molecule has 25 aromatic rings. The lowest BCUT2D eigenvalue weighted by Crippen LogP contribution is -1.97. The van der Waals surface area contributed by atoms with Gasteiger partial charge >= 0.3 is 0 Å². The molecule has 0 atom stereocenters. The van der Waals surface area contributed by atoms with Crippen LogP contribution in [-0.2, 0) is 41.3 Å². The number of aryl methyl sites for hydroxylation is 6. The average Bonchev–Trinajstić information content (AvgIpc) is 1.41. The van der Waals surface area contributed by atoms with E-state index in [4.69, 9.17) is 29.9 Å². The molecule has 18 aromatic carbocycles. The van der Waals surface area contributed by atoms with E-state index in [0.717, 1.165) is 137 Å². The third-order valence-electron chi connectivity index (χ3n) is 26.1. The minimum absolute atomic E-state index is 0.881. The minimum Gasteiger partial charge on any atom is -0.327 e. The Balaban J connectivity index is 0.000000112. The topological polar surface area (TPSA) is 107 Å². The molecule has 0 aliphatic rings. The van der Waals surface area contributed by atoms with Gasteiger partial charge in [0.05, 0.1) is 66.2 Å². The van der Waals surface area contributed by atoms with Gasteiger partial charge in [-0.1, -0.05) is 291 Å². The number of imidazole rings is 6. The fourth-order valence-electron chi connectivity index (χ4n) is 19.3. The first kappa shape index (κ1) is 79.2. The van der Waals surface area contributed by atoms with Gasteiger partial charge in [-0.15, -0.1) is 11.3 Å². The maximum atomic E-state index is 4.94. The van der Waals surface area contributed by atoms with Gasteiger partial charge in [0.1, 0.15) is 34.9 Å². The molecular formula is C118H88N12S. The first-order valence-corrected chi connectivity index (χ1v) is 45.5. The number of para-hydroxylation sites is 12. The van der Waals surface area contributed by atoms with Crippen LogP contribution in [0.3, 0.4) is 0 Å². The summed E-state index contributed by atoms with van der Waals surface area (Å²) >= 11 is 1.85. The predicted molar refractivity (Wildman–Crippen MR) is 547 cm³/mol. The van der Waals surface area contributed by atoms with Crippen LogP contribution in [0.4, 0.5) is 0 Å². The minimum atomic E-state index is 0.881. The van der Waals surface area contributed by atoms with Crippen molar-refractivity contribution in [3.05, 3.63) is 400 Å². The molecular weight excluding hydrogens is 1620 g/mol. The molecule has 0 saturated carbocycles. The van der Waals surface area contributed by atoms with Crippen molar-refractivity contribution in [1.29, 1.82) is 0 Å². The molecule has 0 N–H and O–H groups in total. The van der Waals surface area contributed by atoms with Gasteiger partial charge in [0.15, 0.2) is 0 Å². The van der Waals surface area contributed by atoms with Crippen molar-refractivity contribution in [2.24, 2.45) is 28.2 Å². The fourth-order valence-corrected chi connectivity index (χ4v) is 20.3.